The van der Waals surface area contributed by atoms with Crippen molar-refractivity contribution in [3.05, 3.63) is 101 Å². The van der Waals surface area contributed by atoms with E-state index in [1.54, 1.807) is 25.1 Å². The van der Waals surface area contributed by atoms with E-state index in [1.165, 1.54) is 63.1 Å². The second-order valence-corrected chi connectivity index (χ2v) is 12.1. The Hall–Kier alpha value is -3.94. The monoisotopic (exact) mass is 626 g/mol. The molecule has 0 saturated heterocycles. The molecule has 0 saturated carbocycles. The Kier molecular flexibility index (Phi) is 8.76. The number of benzene rings is 3. The van der Waals surface area contributed by atoms with E-state index in [0.29, 0.717) is 40.7 Å². The van der Waals surface area contributed by atoms with Gasteiger partial charge in [0.2, 0.25) is 5.89 Å². The van der Waals surface area contributed by atoms with E-state index < -0.39 is 27.5 Å². The molecule has 1 aliphatic rings. The topological polar surface area (TPSA) is 143 Å². The van der Waals surface area contributed by atoms with Gasteiger partial charge in [-0.3, -0.25) is 10.1 Å². The van der Waals surface area contributed by atoms with Crippen molar-refractivity contribution in [2.45, 2.75) is 29.9 Å². The maximum absolute atomic E-state index is 14.9. The highest BCUT2D eigenvalue weighted by atomic mass is 35.5. The number of nitrogens with zero attached hydrogens (tertiary/aromatic N) is 2. The van der Waals surface area contributed by atoms with Crippen molar-refractivity contribution in [1.82, 2.24) is 15.6 Å². The minimum absolute atomic E-state index is 0.0509. The van der Waals surface area contributed by atoms with Crippen LogP contribution in [0.15, 0.2) is 82.4 Å². The summed E-state index contributed by atoms with van der Waals surface area (Å²) >= 11 is 6.51. The summed E-state index contributed by atoms with van der Waals surface area (Å²) in [4.78, 5) is 19.1. The molecule has 0 fully saturated rings. The summed E-state index contributed by atoms with van der Waals surface area (Å²) in [6, 6.07) is 15.0. The Labute approximate surface area is 254 Å². The summed E-state index contributed by atoms with van der Waals surface area (Å²) in [7, 11) is -1.48. The quantitative estimate of drug-likeness (QED) is 0.199. The Morgan fingerprint density at radius 2 is 1.84 bits per heavy atom. The SMILES string of the molecule is COc1ccc(S(=O)(=O)N2C(=O)C(N[C@@H](C)c3ncco3)(c3cc(CNCCO)ccc3OC)c3cc(Cl)ccc32)cc1. The molecule has 3 aromatic carbocycles. The molecule has 4 aromatic rings. The third-order valence-electron chi connectivity index (χ3n) is 7.22. The van der Waals surface area contributed by atoms with Gasteiger partial charge in [0.05, 0.1) is 43.6 Å². The van der Waals surface area contributed by atoms with E-state index >= 15 is 0 Å². The average Bonchev–Trinajstić information content (AvgIpc) is 3.63. The number of oxazole rings is 1. The largest absolute Gasteiger partial charge is 0.497 e. The number of hydrogen-bond donors (Lipinski definition) is 3. The fourth-order valence-corrected chi connectivity index (χ4v) is 6.87. The van der Waals surface area contributed by atoms with Crippen LogP contribution in [-0.4, -0.2) is 51.8 Å². The maximum Gasteiger partial charge on any atom is 0.270 e. The van der Waals surface area contributed by atoms with Gasteiger partial charge in [-0.1, -0.05) is 17.7 Å². The van der Waals surface area contributed by atoms with Gasteiger partial charge in [-0.05, 0) is 67.1 Å². The minimum Gasteiger partial charge on any atom is -0.497 e. The van der Waals surface area contributed by atoms with E-state index in [2.05, 4.69) is 15.6 Å². The minimum atomic E-state index is -4.43. The van der Waals surface area contributed by atoms with Crippen molar-refractivity contribution in [2.75, 3.05) is 31.7 Å². The molecule has 0 spiro atoms. The second-order valence-electron chi connectivity index (χ2n) is 9.83. The standard InChI is InChI=1S/C30H31ClN4O7S/c1-19(28-33-13-15-42-28)34-30(25-16-20(18-32-12-14-36)4-11-27(25)41-3)24-17-21(31)5-10-26(24)35(29(30)37)43(38,39)23-8-6-22(40-2)7-9-23/h4-11,13,15-17,19,32,34,36H,12,14,18H2,1-3H3/t19-,30?/m0/s1. The lowest BCUT2D eigenvalue weighted by Crippen LogP contribution is -2.53. The number of ether oxygens (including phenoxy) is 2. The second kappa shape index (κ2) is 12.3. The molecule has 226 valence electrons. The number of fused-ring (bicyclic) bond motifs is 1. The van der Waals surface area contributed by atoms with Crippen LogP contribution in [0.25, 0.3) is 0 Å². The number of hydrogen-bond acceptors (Lipinski definition) is 10. The summed E-state index contributed by atoms with van der Waals surface area (Å²) in [5.74, 6) is 0.289. The lowest BCUT2D eigenvalue weighted by Gasteiger charge is -2.34. The normalized spacial score (nSPS) is 17.1. The van der Waals surface area contributed by atoms with Gasteiger partial charge in [-0.2, -0.15) is 0 Å². The number of aliphatic hydroxyl groups is 1. The molecular weight excluding hydrogens is 596 g/mol. The van der Waals surface area contributed by atoms with Crippen LogP contribution in [0.3, 0.4) is 0 Å². The highest BCUT2D eigenvalue weighted by molar-refractivity contribution is 7.93. The molecule has 5 rings (SSSR count). The van der Waals surface area contributed by atoms with E-state index in [-0.39, 0.29) is 23.1 Å². The van der Waals surface area contributed by atoms with Crippen molar-refractivity contribution in [3.8, 4) is 11.5 Å². The van der Waals surface area contributed by atoms with Gasteiger partial charge in [-0.25, -0.2) is 17.7 Å². The lowest BCUT2D eigenvalue weighted by atomic mass is 9.81. The molecule has 1 unspecified atom stereocenters. The van der Waals surface area contributed by atoms with Crippen LogP contribution in [-0.2, 0) is 26.9 Å². The summed E-state index contributed by atoms with van der Waals surface area (Å²) in [6.45, 7) is 2.43. The molecule has 2 heterocycles. The Bertz CT molecular complexity index is 1720. The zero-order valence-corrected chi connectivity index (χ0v) is 25.3. The van der Waals surface area contributed by atoms with E-state index in [4.69, 9.17) is 25.5 Å². The van der Waals surface area contributed by atoms with Crippen LogP contribution < -0.4 is 24.4 Å². The molecule has 0 bridgehead atoms. The number of halogens is 1. The molecule has 11 nitrogen and oxygen atoms in total. The highest BCUT2D eigenvalue weighted by Gasteiger charge is 2.58. The summed E-state index contributed by atoms with van der Waals surface area (Å²) < 4.78 is 45.7. The molecule has 1 aliphatic heterocycles. The number of aliphatic hydroxyl groups excluding tert-OH is 1. The molecule has 13 heteroatoms. The van der Waals surface area contributed by atoms with Crippen LogP contribution in [0.5, 0.6) is 11.5 Å². The molecule has 43 heavy (non-hydrogen) atoms. The van der Waals surface area contributed by atoms with Crippen LogP contribution >= 0.6 is 11.6 Å². The zero-order valence-electron chi connectivity index (χ0n) is 23.7. The van der Waals surface area contributed by atoms with Gasteiger partial charge in [0.1, 0.15) is 17.8 Å². The number of amides is 1. The lowest BCUT2D eigenvalue weighted by molar-refractivity contribution is -0.122. The fraction of sp³-hybridized carbons (Fsp3) is 0.267. The van der Waals surface area contributed by atoms with Crippen molar-refractivity contribution < 1.29 is 32.2 Å². The first-order valence-electron chi connectivity index (χ1n) is 13.4. The molecule has 2 atom stereocenters. The summed E-state index contributed by atoms with van der Waals surface area (Å²) in [6.07, 6.45) is 2.89. The average molecular weight is 627 g/mol. The number of nitrogens with one attached hydrogen (secondary N) is 2. The third kappa shape index (κ3) is 5.48. The van der Waals surface area contributed by atoms with E-state index in [0.717, 1.165) is 9.87 Å². The van der Waals surface area contributed by atoms with Crippen LogP contribution in [0.2, 0.25) is 5.02 Å². The zero-order chi connectivity index (χ0) is 30.8. The van der Waals surface area contributed by atoms with Crippen LogP contribution in [0.1, 0.15) is 35.5 Å². The fourth-order valence-electron chi connectivity index (χ4n) is 5.24. The number of rotatable bonds is 12. The Balaban J connectivity index is 1.77. The van der Waals surface area contributed by atoms with E-state index in [1.807, 2.05) is 6.07 Å². The number of carbonyl (C=O) groups is 1. The van der Waals surface area contributed by atoms with Gasteiger partial charge in [0, 0.05) is 29.2 Å². The predicted molar refractivity (Wildman–Crippen MR) is 160 cm³/mol. The maximum atomic E-state index is 14.9. The number of sulfonamides is 1. The number of methoxy groups -OCH3 is 2. The van der Waals surface area contributed by atoms with Gasteiger partial charge < -0.3 is 24.3 Å². The third-order valence-corrected chi connectivity index (χ3v) is 9.17. The van der Waals surface area contributed by atoms with Gasteiger partial charge >= 0.3 is 0 Å². The van der Waals surface area contributed by atoms with Crippen LogP contribution in [0.4, 0.5) is 5.69 Å². The molecule has 1 amide bonds. The predicted octanol–water partition coefficient (Wildman–Crippen LogP) is 3.76. The number of aromatic nitrogens is 1. The molecular formula is C30H31ClN4O7S. The first-order chi connectivity index (χ1) is 20.7. The molecule has 0 aliphatic carbocycles. The van der Waals surface area contributed by atoms with E-state index in [9.17, 15) is 18.3 Å². The van der Waals surface area contributed by atoms with Gasteiger partial charge in [0.25, 0.3) is 15.9 Å². The smallest absolute Gasteiger partial charge is 0.270 e. The number of carbonyl (C=O) groups excluding carboxylic acids is 1. The van der Waals surface area contributed by atoms with Gasteiger partial charge in [-0.15, -0.1) is 0 Å². The van der Waals surface area contributed by atoms with Crippen molar-refractivity contribution in [3.63, 3.8) is 0 Å². The Morgan fingerprint density at radius 1 is 1.07 bits per heavy atom. The molecule has 0 radical (unpaired) electrons. The summed E-state index contributed by atoms with van der Waals surface area (Å²) in [5, 5.41) is 16.0. The first kappa shape index (κ1) is 30.5. The van der Waals surface area contributed by atoms with Crippen LogP contribution in [0, 0.1) is 0 Å². The van der Waals surface area contributed by atoms with Crippen molar-refractivity contribution in [1.29, 1.82) is 0 Å². The summed E-state index contributed by atoms with van der Waals surface area (Å²) in [5.41, 5.74) is -0.256. The van der Waals surface area contributed by atoms with Crippen molar-refractivity contribution in [2.24, 2.45) is 0 Å². The Morgan fingerprint density at radius 3 is 2.49 bits per heavy atom. The van der Waals surface area contributed by atoms with Gasteiger partial charge in [0.15, 0.2) is 5.54 Å². The molecule has 3 N–H and O–H groups in total. The van der Waals surface area contributed by atoms with Crippen molar-refractivity contribution >= 4 is 33.2 Å². The highest BCUT2D eigenvalue weighted by Crippen LogP contribution is 2.51. The number of anilines is 1. The molecule has 1 aromatic heterocycles. The first-order valence-corrected chi connectivity index (χ1v) is 15.2.